The number of carbonyl (C=O) groups is 1. The summed E-state index contributed by atoms with van der Waals surface area (Å²) in [6.45, 7) is -0.560. The van der Waals surface area contributed by atoms with Crippen LogP contribution in [0.15, 0.2) is 40.4 Å². The number of hydrogen-bond donors (Lipinski definition) is 1. The van der Waals surface area contributed by atoms with Crippen LogP contribution in [-0.4, -0.2) is 39.4 Å². The second-order valence-electron chi connectivity index (χ2n) is 6.96. The molecule has 0 saturated heterocycles. The minimum atomic E-state index is -4.65. The van der Waals surface area contributed by atoms with E-state index in [1.54, 1.807) is 0 Å². The number of carbonyl (C=O) groups excluding carboxylic acids is 1. The number of imidazole rings is 1. The first-order valence-corrected chi connectivity index (χ1v) is 9.54. The van der Waals surface area contributed by atoms with Gasteiger partial charge in [-0.25, -0.2) is 14.5 Å². The third-order valence-electron chi connectivity index (χ3n) is 4.87. The Morgan fingerprint density at radius 3 is 2.55 bits per heavy atom. The lowest BCUT2D eigenvalue weighted by atomic mass is 10.1. The van der Waals surface area contributed by atoms with Gasteiger partial charge in [0.05, 0.1) is 16.9 Å². The van der Waals surface area contributed by atoms with Gasteiger partial charge in [0.15, 0.2) is 11.2 Å². The van der Waals surface area contributed by atoms with Crippen LogP contribution in [0, 0.1) is 0 Å². The Morgan fingerprint density at radius 2 is 1.91 bits per heavy atom. The highest BCUT2D eigenvalue weighted by molar-refractivity contribution is 6.29. The zero-order valence-corrected chi connectivity index (χ0v) is 17.7. The quantitative estimate of drug-likeness (QED) is 0.438. The van der Waals surface area contributed by atoms with Crippen LogP contribution in [0.3, 0.4) is 0 Å². The summed E-state index contributed by atoms with van der Waals surface area (Å²) in [6.07, 6.45) is -2.22. The molecule has 15 heteroatoms. The molecule has 1 amide bonds. The van der Waals surface area contributed by atoms with Gasteiger partial charge >= 0.3 is 11.9 Å². The van der Waals surface area contributed by atoms with E-state index in [0.717, 1.165) is 31.9 Å². The van der Waals surface area contributed by atoms with Crippen LogP contribution in [-0.2, 0) is 31.6 Å². The van der Waals surface area contributed by atoms with Crippen molar-refractivity contribution in [3.8, 4) is 5.69 Å². The summed E-state index contributed by atoms with van der Waals surface area (Å²) in [5, 5.41) is 6.02. The van der Waals surface area contributed by atoms with Gasteiger partial charge in [0.25, 0.3) is 5.56 Å². The number of hydrogen-bond acceptors (Lipinski definition) is 6. The van der Waals surface area contributed by atoms with E-state index in [-0.39, 0.29) is 27.8 Å². The van der Waals surface area contributed by atoms with Crippen molar-refractivity contribution in [3.05, 3.63) is 62.5 Å². The molecule has 3 aromatic heterocycles. The van der Waals surface area contributed by atoms with E-state index in [9.17, 15) is 27.6 Å². The molecule has 0 bridgehead atoms. The molecule has 0 aliphatic rings. The number of fused-ring (bicyclic) bond motifs is 1. The van der Waals surface area contributed by atoms with Crippen LogP contribution in [0.25, 0.3) is 16.9 Å². The Labute approximate surface area is 186 Å². The first kappa shape index (κ1) is 22.3. The number of halogens is 4. The average Bonchev–Trinajstić information content (AvgIpc) is 3.39. The van der Waals surface area contributed by atoms with Gasteiger partial charge in [-0.1, -0.05) is 0 Å². The molecule has 1 aromatic carbocycles. The molecular formula is C18H14ClF3N8O3. The Morgan fingerprint density at radius 1 is 1.18 bits per heavy atom. The van der Waals surface area contributed by atoms with E-state index in [2.05, 4.69) is 20.4 Å². The maximum absolute atomic E-state index is 13.2. The van der Waals surface area contributed by atoms with Crippen molar-refractivity contribution in [2.75, 3.05) is 5.32 Å². The summed E-state index contributed by atoms with van der Waals surface area (Å²) in [5.74, 6) is -0.798. The van der Waals surface area contributed by atoms with E-state index in [1.165, 1.54) is 31.4 Å². The largest absolute Gasteiger partial charge is 0.416 e. The van der Waals surface area contributed by atoms with Gasteiger partial charge in [-0.2, -0.15) is 23.3 Å². The third kappa shape index (κ3) is 3.88. The van der Waals surface area contributed by atoms with Crippen LogP contribution in [0.5, 0.6) is 0 Å². The number of rotatable bonds is 4. The average molecular weight is 483 g/mol. The fourth-order valence-corrected chi connectivity index (χ4v) is 3.47. The number of amides is 1. The number of aromatic nitrogens is 7. The van der Waals surface area contributed by atoms with Gasteiger partial charge in [0.2, 0.25) is 11.2 Å². The normalized spacial score (nSPS) is 11.8. The van der Waals surface area contributed by atoms with Crippen LogP contribution >= 0.6 is 11.6 Å². The molecule has 4 rings (SSSR count). The van der Waals surface area contributed by atoms with Gasteiger partial charge < -0.3 is 5.32 Å². The minimum Gasteiger partial charge on any atom is -0.323 e. The molecule has 33 heavy (non-hydrogen) atoms. The van der Waals surface area contributed by atoms with Crippen molar-refractivity contribution in [2.45, 2.75) is 12.7 Å². The van der Waals surface area contributed by atoms with Crippen LogP contribution in [0.2, 0.25) is 5.28 Å². The Hall–Kier alpha value is -3.94. The summed E-state index contributed by atoms with van der Waals surface area (Å²) in [5.41, 5.74) is -2.57. The Bertz CT molecular complexity index is 1500. The highest BCUT2D eigenvalue weighted by Crippen LogP contribution is 2.33. The molecule has 0 fully saturated rings. The van der Waals surface area contributed by atoms with E-state index in [1.807, 2.05) is 0 Å². The van der Waals surface area contributed by atoms with Crippen molar-refractivity contribution < 1.29 is 18.0 Å². The predicted octanol–water partition coefficient (Wildman–Crippen LogP) is 1.33. The van der Waals surface area contributed by atoms with E-state index < -0.39 is 35.4 Å². The Kier molecular flexibility index (Phi) is 5.32. The fraction of sp³-hybridized carbons (Fsp3) is 0.222. The highest BCUT2D eigenvalue weighted by Gasteiger charge is 2.31. The second-order valence-corrected chi connectivity index (χ2v) is 7.30. The SMILES string of the molecule is Cn1c(=O)c2c(nc(Cl)n2CC(=O)Nc2cc(C(F)(F)F)ccc2-n2cncn2)n(C)c1=O. The maximum atomic E-state index is 13.2. The first-order valence-electron chi connectivity index (χ1n) is 9.17. The summed E-state index contributed by atoms with van der Waals surface area (Å²) in [7, 11) is 2.63. The summed E-state index contributed by atoms with van der Waals surface area (Å²) in [4.78, 5) is 45.2. The summed E-state index contributed by atoms with van der Waals surface area (Å²) < 4.78 is 43.8. The highest BCUT2D eigenvalue weighted by atomic mass is 35.5. The van der Waals surface area contributed by atoms with Gasteiger partial charge in [0.1, 0.15) is 19.2 Å². The van der Waals surface area contributed by atoms with Crippen molar-refractivity contribution >= 4 is 34.4 Å². The number of nitrogens with zero attached hydrogens (tertiary/aromatic N) is 7. The van der Waals surface area contributed by atoms with Gasteiger partial charge in [-0.05, 0) is 29.8 Å². The lowest BCUT2D eigenvalue weighted by Gasteiger charge is -2.15. The fourth-order valence-electron chi connectivity index (χ4n) is 3.24. The van der Waals surface area contributed by atoms with Gasteiger partial charge in [-0.3, -0.25) is 23.3 Å². The molecule has 3 heterocycles. The lowest BCUT2D eigenvalue weighted by Crippen LogP contribution is -2.37. The third-order valence-corrected chi connectivity index (χ3v) is 5.16. The summed E-state index contributed by atoms with van der Waals surface area (Å²) >= 11 is 6.10. The molecule has 4 aromatic rings. The Balaban J connectivity index is 1.75. The monoisotopic (exact) mass is 482 g/mol. The smallest absolute Gasteiger partial charge is 0.323 e. The number of aryl methyl sites for hydroxylation is 1. The number of alkyl halides is 3. The molecule has 0 unspecified atom stereocenters. The molecular weight excluding hydrogens is 469 g/mol. The molecule has 0 atom stereocenters. The number of nitrogens with one attached hydrogen (secondary N) is 1. The predicted molar refractivity (Wildman–Crippen MR) is 110 cm³/mol. The molecule has 172 valence electrons. The van der Waals surface area contributed by atoms with E-state index in [0.29, 0.717) is 0 Å². The number of anilines is 1. The molecule has 0 saturated carbocycles. The van der Waals surface area contributed by atoms with Crippen molar-refractivity contribution in [1.82, 2.24) is 33.4 Å². The zero-order chi connectivity index (χ0) is 24.1. The molecule has 0 aliphatic heterocycles. The molecule has 0 spiro atoms. The molecule has 0 aliphatic carbocycles. The summed E-state index contributed by atoms with van der Waals surface area (Å²) in [6, 6.07) is 2.74. The van der Waals surface area contributed by atoms with Gasteiger partial charge in [-0.15, -0.1) is 0 Å². The molecule has 11 nitrogen and oxygen atoms in total. The molecule has 0 radical (unpaired) electrons. The van der Waals surface area contributed by atoms with Crippen molar-refractivity contribution in [1.29, 1.82) is 0 Å². The van der Waals surface area contributed by atoms with E-state index in [4.69, 9.17) is 11.6 Å². The zero-order valence-electron chi connectivity index (χ0n) is 17.0. The number of benzene rings is 1. The lowest BCUT2D eigenvalue weighted by molar-refractivity contribution is -0.137. The topological polar surface area (TPSA) is 122 Å². The first-order chi connectivity index (χ1) is 15.5. The second kappa shape index (κ2) is 7.88. The minimum absolute atomic E-state index is 0.0386. The maximum Gasteiger partial charge on any atom is 0.416 e. The molecule has 1 N–H and O–H groups in total. The van der Waals surface area contributed by atoms with Crippen molar-refractivity contribution in [3.63, 3.8) is 0 Å². The van der Waals surface area contributed by atoms with Crippen molar-refractivity contribution in [2.24, 2.45) is 14.1 Å². The standard InChI is InChI=1S/C18H14ClF3N8O3/c1-27-14-13(15(32)28(2)17(27)33)29(16(19)26-14)6-12(31)25-10-5-9(18(20,21)22)3-4-11(10)30-8-23-7-24-30/h3-5,7-8H,6H2,1-2H3,(H,25,31). The van der Waals surface area contributed by atoms with Crippen LogP contribution in [0.4, 0.5) is 18.9 Å². The van der Waals surface area contributed by atoms with Gasteiger partial charge in [0, 0.05) is 14.1 Å². The van der Waals surface area contributed by atoms with E-state index >= 15 is 0 Å². The van der Waals surface area contributed by atoms with Crippen LogP contribution in [0.1, 0.15) is 5.56 Å². The van der Waals surface area contributed by atoms with Crippen LogP contribution < -0.4 is 16.6 Å².